The standard InChI is InChI=1S/C18H22N2O3S/c1-9-6-7-12-13(8-9)24-17-14(12)16(21)19-15(20-17)10(2)23-18(22)11-4-3-5-11/h9-11H,3-8H2,1-2H3,(H,19,20,21)/t9-,10-/m0/s1. The molecule has 0 unspecified atom stereocenters. The lowest BCUT2D eigenvalue weighted by molar-refractivity contribution is -0.156. The average Bonchev–Trinajstić information content (AvgIpc) is 2.82. The van der Waals surface area contributed by atoms with Crippen LogP contribution in [0.3, 0.4) is 0 Å². The van der Waals surface area contributed by atoms with E-state index in [1.807, 2.05) is 0 Å². The van der Waals surface area contributed by atoms with Crippen molar-refractivity contribution in [3.8, 4) is 0 Å². The topological polar surface area (TPSA) is 72.0 Å². The molecule has 5 nitrogen and oxygen atoms in total. The predicted octanol–water partition coefficient (Wildman–Crippen LogP) is 3.51. The van der Waals surface area contributed by atoms with Gasteiger partial charge in [-0.25, -0.2) is 4.98 Å². The van der Waals surface area contributed by atoms with Gasteiger partial charge in [0.05, 0.1) is 11.3 Å². The van der Waals surface area contributed by atoms with Crippen LogP contribution in [0.5, 0.6) is 0 Å². The summed E-state index contributed by atoms with van der Waals surface area (Å²) in [6, 6.07) is 0. The van der Waals surface area contributed by atoms with Crippen molar-refractivity contribution in [2.75, 3.05) is 0 Å². The molecule has 0 spiro atoms. The zero-order valence-electron chi connectivity index (χ0n) is 14.1. The molecule has 0 aromatic carbocycles. The number of carbonyl (C=O) groups is 1. The maximum atomic E-state index is 12.6. The lowest BCUT2D eigenvalue weighted by atomic mass is 9.86. The first-order valence-corrected chi connectivity index (χ1v) is 9.59. The fourth-order valence-corrected chi connectivity index (χ4v) is 4.92. The molecule has 4 rings (SSSR count). The molecule has 1 saturated carbocycles. The highest BCUT2D eigenvalue weighted by molar-refractivity contribution is 7.18. The van der Waals surface area contributed by atoms with Crippen molar-refractivity contribution < 1.29 is 9.53 Å². The molecule has 2 heterocycles. The minimum Gasteiger partial charge on any atom is -0.454 e. The molecule has 0 amide bonds. The second kappa shape index (κ2) is 5.99. The number of aryl methyl sites for hydroxylation is 1. The van der Waals surface area contributed by atoms with Crippen LogP contribution in [0, 0.1) is 11.8 Å². The normalized spacial score (nSPS) is 22.0. The number of esters is 1. The highest BCUT2D eigenvalue weighted by Crippen LogP contribution is 2.36. The summed E-state index contributed by atoms with van der Waals surface area (Å²) in [7, 11) is 0. The van der Waals surface area contributed by atoms with E-state index in [0.29, 0.717) is 11.7 Å². The monoisotopic (exact) mass is 346 g/mol. The number of nitrogens with one attached hydrogen (secondary N) is 1. The molecule has 6 heteroatoms. The largest absolute Gasteiger partial charge is 0.454 e. The Hall–Kier alpha value is -1.69. The minimum atomic E-state index is -0.520. The van der Waals surface area contributed by atoms with Gasteiger partial charge < -0.3 is 9.72 Å². The number of carbonyl (C=O) groups excluding carboxylic acids is 1. The molecular weight excluding hydrogens is 324 g/mol. The number of thiophene rings is 1. The van der Waals surface area contributed by atoms with Crippen LogP contribution < -0.4 is 5.56 Å². The molecule has 2 aromatic rings. The van der Waals surface area contributed by atoms with Crippen LogP contribution >= 0.6 is 11.3 Å². The van der Waals surface area contributed by atoms with Crippen molar-refractivity contribution in [2.24, 2.45) is 11.8 Å². The molecule has 24 heavy (non-hydrogen) atoms. The summed E-state index contributed by atoms with van der Waals surface area (Å²) in [5, 5.41) is 0.739. The van der Waals surface area contributed by atoms with Gasteiger partial charge in [0.25, 0.3) is 5.56 Å². The molecule has 2 atom stereocenters. The number of ether oxygens (including phenoxy) is 1. The lowest BCUT2D eigenvalue weighted by Crippen LogP contribution is -2.26. The molecule has 0 bridgehead atoms. The van der Waals surface area contributed by atoms with Crippen LogP contribution in [0.1, 0.15) is 61.9 Å². The summed E-state index contributed by atoms with van der Waals surface area (Å²) in [5.41, 5.74) is 1.07. The minimum absolute atomic E-state index is 0.0263. The van der Waals surface area contributed by atoms with Crippen molar-refractivity contribution in [2.45, 2.75) is 58.5 Å². The third kappa shape index (κ3) is 2.66. The van der Waals surface area contributed by atoms with Crippen molar-refractivity contribution in [3.05, 3.63) is 26.6 Å². The molecule has 2 aromatic heterocycles. The zero-order chi connectivity index (χ0) is 16.8. The van der Waals surface area contributed by atoms with Gasteiger partial charge in [-0.15, -0.1) is 11.3 Å². The Balaban J connectivity index is 1.65. The fourth-order valence-electron chi connectivity index (χ4n) is 3.53. The molecular formula is C18H22N2O3S. The Kier molecular flexibility index (Phi) is 3.95. The van der Waals surface area contributed by atoms with E-state index < -0.39 is 6.10 Å². The number of nitrogens with zero attached hydrogens (tertiary/aromatic N) is 1. The number of H-pyrrole nitrogens is 1. The van der Waals surface area contributed by atoms with E-state index in [9.17, 15) is 9.59 Å². The zero-order valence-corrected chi connectivity index (χ0v) is 14.9. The Bertz CT molecular complexity index is 850. The van der Waals surface area contributed by atoms with E-state index in [0.717, 1.165) is 48.7 Å². The maximum Gasteiger partial charge on any atom is 0.309 e. The SMILES string of the molecule is C[C@H]1CCc2c(sc3nc([C@H](C)OC(=O)C4CCC4)[nH]c(=O)c23)C1. The van der Waals surface area contributed by atoms with E-state index >= 15 is 0 Å². The first kappa shape index (κ1) is 15.8. The quantitative estimate of drug-likeness (QED) is 0.863. The third-order valence-corrected chi connectivity index (χ3v) is 6.45. The number of fused-ring (bicyclic) bond motifs is 3. The highest BCUT2D eigenvalue weighted by Gasteiger charge is 2.29. The van der Waals surface area contributed by atoms with Crippen LogP contribution in [0.4, 0.5) is 0 Å². The Morgan fingerprint density at radius 2 is 2.17 bits per heavy atom. The highest BCUT2D eigenvalue weighted by atomic mass is 32.1. The summed E-state index contributed by atoms with van der Waals surface area (Å²) < 4.78 is 5.50. The van der Waals surface area contributed by atoms with E-state index in [4.69, 9.17) is 4.74 Å². The molecule has 1 N–H and O–H groups in total. The number of hydrogen-bond donors (Lipinski definition) is 1. The average molecular weight is 346 g/mol. The van der Waals surface area contributed by atoms with Gasteiger partial charge in [-0.1, -0.05) is 13.3 Å². The second-order valence-electron chi connectivity index (χ2n) is 7.19. The van der Waals surface area contributed by atoms with Crippen molar-refractivity contribution in [1.82, 2.24) is 9.97 Å². The Labute approximate surface area is 144 Å². The van der Waals surface area contributed by atoms with Crippen molar-refractivity contribution in [3.63, 3.8) is 0 Å². The summed E-state index contributed by atoms with van der Waals surface area (Å²) in [4.78, 5) is 34.1. The van der Waals surface area contributed by atoms with E-state index in [1.165, 1.54) is 10.4 Å². The molecule has 1 fully saturated rings. The van der Waals surface area contributed by atoms with Crippen LogP contribution in [0.25, 0.3) is 10.2 Å². The summed E-state index contributed by atoms with van der Waals surface area (Å²) in [6.45, 7) is 4.02. The van der Waals surface area contributed by atoms with E-state index in [1.54, 1.807) is 18.3 Å². The molecule has 0 saturated heterocycles. The molecule has 2 aliphatic rings. The summed E-state index contributed by atoms with van der Waals surface area (Å²) in [6.07, 6.45) is 5.48. The summed E-state index contributed by atoms with van der Waals surface area (Å²) >= 11 is 1.62. The van der Waals surface area contributed by atoms with Gasteiger partial charge in [0.2, 0.25) is 0 Å². The lowest BCUT2D eigenvalue weighted by Gasteiger charge is -2.24. The number of aromatic amines is 1. The molecule has 0 aliphatic heterocycles. The molecule has 2 aliphatic carbocycles. The van der Waals surface area contributed by atoms with Gasteiger partial charge in [0.1, 0.15) is 4.83 Å². The first-order chi connectivity index (χ1) is 11.5. The van der Waals surface area contributed by atoms with E-state index in [-0.39, 0.29) is 17.4 Å². The van der Waals surface area contributed by atoms with Gasteiger partial charge in [0, 0.05) is 4.88 Å². The second-order valence-corrected chi connectivity index (χ2v) is 8.27. The van der Waals surface area contributed by atoms with Crippen LogP contribution in [-0.2, 0) is 22.4 Å². The van der Waals surface area contributed by atoms with Crippen molar-refractivity contribution >= 4 is 27.5 Å². The van der Waals surface area contributed by atoms with Gasteiger partial charge in [-0.2, -0.15) is 0 Å². The fraction of sp³-hybridized carbons (Fsp3) is 0.611. The van der Waals surface area contributed by atoms with Crippen LogP contribution in [-0.4, -0.2) is 15.9 Å². The van der Waals surface area contributed by atoms with Gasteiger partial charge >= 0.3 is 5.97 Å². The Morgan fingerprint density at radius 1 is 1.38 bits per heavy atom. The summed E-state index contributed by atoms with van der Waals surface area (Å²) in [5.74, 6) is 0.965. The molecule has 128 valence electrons. The predicted molar refractivity (Wildman–Crippen MR) is 93.3 cm³/mol. The Morgan fingerprint density at radius 3 is 2.88 bits per heavy atom. The third-order valence-electron chi connectivity index (χ3n) is 5.30. The smallest absolute Gasteiger partial charge is 0.309 e. The van der Waals surface area contributed by atoms with Gasteiger partial charge in [-0.05, 0) is 50.5 Å². The maximum absolute atomic E-state index is 12.6. The van der Waals surface area contributed by atoms with Gasteiger partial charge in [0.15, 0.2) is 11.9 Å². The molecule has 0 radical (unpaired) electrons. The first-order valence-electron chi connectivity index (χ1n) is 8.78. The number of rotatable bonds is 3. The van der Waals surface area contributed by atoms with Crippen LogP contribution in [0.15, 0.2) is 4.79 Å². The van der Waals surface area contributed by atoms with Crippen molar-refractivity contribution in [1.29, 1.82) is 0 Å². The van der Waals surface area contributed by atoms with Crippen LogP contribution in [0.2, 0.25) is 0 Å². The van der Waals surface area contributed by atoms with E-state index in [2.05, 4.69) is 16.9 Å². The van der Waals surface area contributed by atoms with Gasteiger partial charge in [-0.3, -0.25) is 9.59 Å². The number of hydrogen-bond acceptors (Lipinski definition) is 5. The number of aromatic nitrogens is 2.